The smallest absolute Gasteiger partial charge is 0.432 e. The van der Waals surface area contributed by atoms with Gasteiger partial charge in [0.15, 0.2) is 0 Å². The van der Waals surface area contributed by atoms with Crippen LogP contribution in [-0.4, -0.2) is 28.7 Å². The maximum atomic E-state index is 11.7. The Balaban J connectivity index is 3.04. The van der Waals surface area contributed by atoms with Gasteiger partial charge >= 0.3 is 18.2 Å². The van der Waals surface area contributed by atoms with Gasteiger partial charge in [0.1, 0.15) is 11.3 Å². The fraction of sp³-hybridized carbons (Fsp3) is 0.545. The standard InChI is InChI=1S/C11H15NO5/c1-6(2)7-8(13)16-9(14)12(7)10(15)17-11(3,4)5/h1-5H3. The van der Waals surface area contributed by atoms with Crippen LogP contribution < -0.4 is 0 Å². The van der Waals surface area contributed by atoms with E-state index in [2.05, 4.69) is 4.74 Å². The van der Waals surface area contributed by atoms with Gasteiger partial charge in [0.25, 0.3) is 0 Å². The van der Waals surface area contributed by atoms with Gasteiger partial charge in [-0.1, -0.05) is 0 Å². The lowest BCUT2D eigenvalue weighted by molar-refractivity contribution is -0.130. The van der Waals surface area contributed by atoms with Crippen molar-refractivity contribution in [2.24, 2.45) is 0 Å². The Hall–Kier alpha value is -1.85. The first kappa shape index (κ1) is 13.2. The molecule has 1 aliphatic rings. The molecule has 0 aromatic rings. The lowest BCUT2D eigenvalue weighted by atomic mass is 10.2. The average Bonchev–Trinajstić information content (AvgIpc) is 2.37. The normalized spacial score (nSPS) is 16.1. The molecule has 17 heavy (non-hydrogen) atoms. The molecule has 0 saturated carbocycles. The molecule has 2 amide bonds. The van der Waals surface area contributed by atoms with E-state index in [0.717, 1.165) is 0 Å². The first-order valence-electron chi connectivity index (χ1n) is 5.10. The van der Waals surface area contributed by atoms with Crippen molar-refractivity contribution in [2.45, 2.75) is 40.2 Å². The van der Waals surface area contributed by atoms with Crippen LogP contribution in [0, 0.1) is 0 Å². The van der Waals surface area contributed by atoms with Gasteiger partial charge in [-0.05, 0) is 40.2 Å². The van der Waals surface area contributed by atoms with Crippen LogP contribution >= 0.6 is 0 Å². The van der Waals surface area contributed by atoms with Gasteiger partial charge in [-0.25, -0.2) is 14.4 Å². The Morgan fingerprint density at radius 3 is 2.18 bits per heavy atom. The molecule has 1 aliphatic heterocycles. The van der Waals surface area contributed by atoms with Crippen molar-refractivity contribution in [3.8, 4) is 0 Å². The molecule has 0 N–H and O–H groups in total. The molecule has 0 aromatic carbocycles. The third kappa shape index (κ3) is 2.83. The fourth-order valence-electron chi connectivity index (χ4n) is 1.26. The number of rotatable bonds is 0. The number of ether oxygens (including phenoxy) is 2. The van der Waals surface area contributed by atoms with Crippen molar-refractivity contribution in [2.75, 3.05) is 0 Å². The quantitative estimate of drug-likeness (QED) is 0.369. The van der Waals surface area contributed by atoms with Crippen molar-refractivity contribution >= 4 is 18.2 Å². The molecule has 6 heteroatoms. The molecule has 0 spiro atoms. The SMILES string of the molecule is CC(C)=C1C(=O)OC(=O)N1C(=O)OC(C)(C)C. The lowest BCUT2D eigenvalue weighted by Crippen LogP contribution is -2.36. The molecular formula is C11H15NO5. The average molecular weight is 241 g/mol. The highest BCUT2D eigenvalue weighted by Gasteiger charge is 2.43. The van der Waals surface area contributed by atoms with Crippen LogP contribution in [0.4, 0.5) is 9.59 Å². The molecule has 0 atom stereocenters. The summed E-state index contributed by atoms with van der Waals surface area (Å²) < 4.78 is 9.39. The molecular weight excluding hydrogens is 226 g/mol. The summed E-state index contributed by atoms with van der Waals surface area (Å²) in [5.74, 6) is -0.833. The maximum Gasteiger partial charge on any atom is 0.432 e. The highest BCUT2D eigenvalue weighted by Crippen LogP contribution is 2.23. The number of carbonyl (C=O) groups is 3. The summed E-state index contributed by atoms with van der Waals surface area (Å²) in [5, 5.41) is 0. The number of carbonyl (C=O) groups excluding carboxylic acids is 3. The molecule has 0 radical (unpaired) electrons. The van der Waals surface area contributed by atoms with Crippen molar-refractivity contribution in [1.29, 1.82) is 0 Å². The van der Waals surface area contributed by atoms with E-state index in [4.69, 9.17) is 4.74 Å². The van der Waals surface area contributed by atoms with Crippen LogP contribution in [-0.2, 0) is 14.3 Å². The Labute approximate surface area is 99.2 Å². The second-order valence-electron chi connectivity index (χ2n) is 4.82. The number of esters is 1. The zero-order valence-corrected chi connectivity index (χ0v) is 10.5. The molecule has 1 saturated heterocycles. The van der Waals surface area contributed by atoms with Crippen LogP contribution in [0.15, 0.2) is 11.3 Å². The fourth-order valence-corrected chi connectivity index (χ4v) is 1.26. The van der Waals surface area contributed by atoms with E-state index in [9.17, 15) is 14.4 Å². The van der Waals surface area contributed by atoms with Gasteiger partial charge < -0.3 is 9.47 Å². The molecule has 1 fully saturated rings. The predicted molar refractivity (Wildman–Crippen MR) is 57.9 cm³/mol. The molecule has 1 rings (SSSR count). The highest BCUT2D eigenvalue weighted by molar-refractivity contribution is 6.11. The summed E-state index contributed by atoms with van der Waals surface area (Å²) in [4.78, 5) is 35.1. The molecule has 0 bridgehead atoms. The summed E-state index contributed by atoms with van der Waals surface area (Å²) in [6.45, 7) is 8.20. The minimum absolute atomic E-state index is 0.0794. The minimum Gasteiger partial charge on any atom is -0.443 e. The van der Waals surface area contributed by atoms with Gasteiger partial charge in [0, 0.05) is 0 Å². The molecule has 6 nitrogen and oxygen atoms in total. The maximum absolute atomic E-state index is 11.7. The van der Waals surface area contributed by atoms with Gasteiger partial charge in [0.2, 0.25) is 0 Å². The number of nitrogens with zero attached hydrogens (tertiary/aromatic N) is 1. The lowest BCUT2D eigenvalue weighted by Gasteiger charge is -2.22. The van der Waals surface area contributed by atoms with E-state index in [-0.39, 0.29) is 5.70 Å². The largest absolute Gasteiger partial charge is 0.443 e. The third-order valence-corrected chi connectivity index (χ3v) is 1.83. The second kappa shape index (κ2) is 4.20. The first-order chi connectivity index (χ1) is 7.63. The summed E-state index contributed by atoms with van der Waals surface area (Å²) in [6, 6.07) is 0. The Bertz CT molecular complexity index is 412. The first-order valence-corrected chi connectivity index (χ1v) is 5.10. The number of imide groups is 1. The van der Waals surface area contributed by atoms with E-state index in [1.54, 1.807) is 34.6 Å². The molecule has 0 aromatic heterocycles. The number of amides is 2. The van der Waals surface area contributed by atoms with E-state index in [0.29, 0.717) is 10.5 Å². The van der Waals surface area contributed by atoms with Crippen molar-refractivity contribution in [3.63, 3.8) is 0 Å². The van der Waals surface area contributed by atoms with Crippen molar-refractivity contribution < 1.29 is 23.9 Å². The van der Waals surface area contributed by atoms with Gasteiger partial charge in [-0.15, -0.1) is 0 Å². The van der Waals surface area contributed by atoms with Crippen LogP contribution in [0.3, 0.4) is 0 Å². The van der Waals surface area contributed by atoms with Crippen LogP contribution in [0.5, 0.6) is 0 Å². The Morgan fingerprint density at radius 1 is 1.24 bits per heavy atom. The number of cyclic esters (lactones) is 2. The predicted octanol–water partition coefficient (Wildman–Crippen LogP) is 2.19. The highest BCUT2D eigenvalue weighted by atomic mass is 16.6. The summed E-state index contributed by atoms with van der Waals surface area (Å²) >= 11 is 0. The summed E-state index contributed by atoms with van der Waals surface area (Å²) in [5.41, 5.74) is -0.327. The molecule has 1 heterocycles. The van der Waals surface area contributed by atoms with Crippen LogP contribution in [0.25, 0.3) is 0 Å². The number of allylic oxidation sites excluding steroid dienone is 1. The van der Waals surface area contributed by atoms with E-state index in [1.807, 2.05) is 0 Å². The topological polar surface area (TPSA) is 72.9 Å². The van der Waals surface area contributed by atoms with Gasteiger partial charge in [0.05, 0.1) is 0 Å². The van der Waals surface area contributed by atoms with E-state index in [1.165, 1.54) is 0 Å². The molecule has 0 unspecified atom stereocenters. The Kier molecular flexibility index (Phi) is 3.26. The summed E-state index contributed by atoms with van der Waals surface area (Å²) in [7, 11) is 0. The van der Waals surface area contributed by atoms with Gasteiger partial charge in [-0.2, -0.15) is 4.90 Å². The number of hydrogen-bond acceptors (Lipinski definition) is 5. The zero-order chi connectivity index (χ0) is 13.4. The van der Waals surface area contributed by atoms with Crippen molar-refractivity contribution in [3.05, 3.63) is 11.3 Å². The second-order valence-corrected chi connectivity index (χ2v) is 4.82. The summed E-state index contributed by atoms with van der Waals surface area (Å²) in [6.07, 6.45) is -1.94. The minimum atomic E-state index is -1.03. The van der Waals surface area contributed by atoms with E-state index >= 15 is 0 Å². The monoisotopic (exact) mass is 241 g/mol. The molecule has 0 aliphatic carbocycles. The zero-order valence-electron chi connectivity index (χ0n) is 10.5. The number of hydrogen-bond donors (Lipinski definition) is 0. The van der Waals surface area contributed by atoms with Crippen LogP contribution in [0.2, 0.25) is 0 Å². The van der Waals surface area contributed by atoms with Gasteiger partial charge in [-0.3, -0.25) is 0 Å². The van der Waals surface area contributed by atoms with Crippen molar-refractivity contribution in [1.82, 2.24) is 4.90 Å². The molecule has 94 valence electrons. The third-order valence-electron chi connectivity index (χ3n) is 1.83. The van der Waals surface area contributed by atoms with E-state index < -0.39 is 23.8 Å². The Morgan fingerprint density at radius 2 is 1.76 bits per heavy atom. The van der Waals surface area contributed by atoms with Crippen LogP contribution in [0.1, 0.15) is 34.6 Å².